The summed E-state index contributed by atoms with van der Waals surface area (Å²) >= 11 is 0. The lowest BCUT2D eigenvalue weighted by molar-refractivity contribution is -0.120. The van der Waals surface area contributed by atoms with Gasteiger partial charge in [0.2, 0.25) is 5.91 Å². The van der Waals surface area contributed by atoms with E-state index in [9.17, 15) is 9.59 Å². The SMILES string of the molecule is CC(C)OC(=O)c1ccc(NC(=O)C2CCNC2C)cc1. The Balaban J connectivity index is 1.96. The van der Waals surface area contributed by atoms with E-state index >= 15 is 0 Å². The molecule has 2 N–H and O–H groups in total. The van der Waals surface area contributed by atoms with Gasteiger partial charge in [0.05, 0.1) is 17.6 Å². The number of ether oxygens (including phenoxy) is 1. The van der Waals surface area contributed by atoms with Gasteiger partial charge in [0.15, 0.2) is 0 Å². The lowest BCUT2D eigenvalue weighted by Crippen LogP contribution is -2.32. The van der Waals surface area contributed by atoms with Crippen LogP contribution in [-0.2, 0) is 9.53 Å². The van der Waals surface area contributed by atoms with Crippen LogP contribution in [-0.4, -0.2) is 30.6 Å². The lowest BCUT2D eigenvalue weighted by Gasteiger charge is -2.15. The first kappa shape index (κ1) is 15.5. The second kappa shape index (κ2) is 6.72. The summed E-state index contributed by atoms with van der Waals surface area (Å²) in [7, 11) is 0. The molecule has 2 unspecified atom stereocenters. The number of carbonyl (C=O) groups is 2. The van der Waals surface area contributed by atoms with Crippen LogP contribution in [0, 0.1) is 5.92 Å². The maximum atomic E-state index is 12.1. The molecule has 2 rings (SSSR count). The first-order chi connectivity index (χ1) is 9.97. The average molecular weight is 290 g/mol. The van der Waals surface area contributed by atoms with E-state index in [1.807, 2.05) is 20.8 Å². The fourth-order valence-electron chi connectivity index (χ4n) is 2.42. The van der Waals surface area contributed by atoms with Crippen LogP contribution in [0.1, 0.15) is 37.6 Å². The summed E-state index contributed by atoms with van der Waals surface area (Å²) in [5.41, 5.74) is 1.18. The molecule has 1 amide bonds. The third kappa shape index (κ3) is 4.04. The monoisotopic (exact) mass is 290 g/mol. The average Bonchev–Trinajstić information content (AvgIpc) is 2.85. The first-order valence-corrected chi connectivity index (χ1v) is 7.32. The zero-order valence-corrected chi connectivity index (χ0v) is 12.7. The van der Waals surface area contributed by atoms with Gasteiger partial charge in [-0.2, -0.15) is 0 Å². The molecule has 1 aliphatic heterocycles. The molecule has 1 aromatic carbocycles. The number of benzene rings is 1. The van der Waals surface area contributed by atoms with E-state index in [0.29, 0.717) is 11.3 Å². The highest BCUT2D eigenvalue weighted by Crippen LogP contribution is 2.18. The maximum Gasteiger partial charge on any atom is 0.338 e. The molecular formula is C16H22N2O3. The maximum absolute atomic E-state index is 12.1. The molecule has 5 nitrogen and oxygen atoms in total. The predicted molar refractivity (Wildman–Crippen MR) is 81.2 cm³/mol. The standard InChI is InChI=1S/C16H22N2O3/c1-10(2)21-16(20)12-4-6-13(7-5-12)18-15(19)14-8-9-17-11(14)3/h4-7,10-11,14,17H,8-9H2,1-3H3,(H,18,19). The minimum absolute atomic E-state index is 0.00409. The fourth-order valence-corrected chi connectivity index (χ4v) is 2.42. The summed E-state index contributed by atoms with van der Waals surface area (Å²) in [6, 6.07) is 6.97. The smallest absolute Gasteiger partial charge is 0.338 e. The fraction of sp³-hybridized carbons (Fsp3) is 0.500. The Kier molecular flexibility index (Phi) is 4.96. The number of carbonyl (C=O) groups excluding carboxylic acids is 2. The summed E-state index contributed by atoms with van der Waals surface area (Å²) in [4.78, 5) is 23.9. The van der Waals surface area contributed by atoms with Gasteiger partial charge in [0.25, 0.3) is 0 Å². The highest BCUT2D eigenvalue weighted by molar-refractivity contribution is 5.94. The van der Waals surface area contributed by atoms with Crippen LogP contribution in [0.5, 0.6) is 0 Å². The van der Waals surface area contributed by atoms with Crippen LogP contribution < -0.4 is 10.6 Å². The Hall–Kier alpha value is -1.88. The van der Waals surface area contributed by atoms with Gasteiger partial charge in [-0.05, 0) is 58.0 Å². The molecule has 1 aliphatic rings. The van der Waals surface area contributed by atoms with E-state index in [-0.39, 0.29) is 29.9 Å². The molecule has 0 aliphatic carbocycles. The highest BCUT2D eigenvalue weighted by Gasteiger charge is 2.29. The van der Waals surface area contributed by atoms with E-state index in [1.165, 1.54) is 0 Å². The van der Waals surface area contributed by atoms with Gasteiger partial charge in [-0.3, -0.25) is 4.79 Å². The van der Waals surface area contributed by atoms with E-state index in [4.69, 9.17) is 4.74 Å². The van der Waals surface area contributed by atoms with Crippen molar-refractivity contribution in [3.05, 3.63) is 29.8 Å². The van der Waals surface area contributed by atoms with Crippen LogP contribution in [0.25, 0.3) is 0 Å². The number of hydrogen-bond acceptors (Lipinski definition) is 4. The number of esters is 1. The van der Waals surface area contributed by atoms with E-state index in [1.54, 1.807) is 24.3 Å². The molecular weight excluding hydrogens is 268 g/mol. The van der Waals surface area contributed by atoms with E-state index in [0.717, 1.165) is 13.0 Å². The highest BCUT2D eigenvalue weighted by atomic mass is 16.5. The molecule has 1 saturated heterocycles. The van der Waals surface area contributed by atoms with Crippen molar-refractivity contribution < 1.29 is 14.3 Å². The second-order valence-corrected chi connectivity index (χ2v) is 5.66. The normalized spacial score (nSPS) is 21.3. The van der Waals surface area contributed by atoms with Gasteiger partial charge in [0, 0.05) is 11.7 Å². The quantitative estimate of drug-likeness (QED) is 0.834. The lowest BCUT2D eigenvalue weighted by atomic mass is 10.0. The van der Waals surface area contributed by atoms with Crippen LogP contribution in [0.4, 0.5) is 5.69 Å². The summed E-state index contributed by atoms with van der Waals surface area (Å²) in [6.07, 6.45) is 0.708. The van der Waals surface area contributed by atoms with Crippen LogP contribution in [0.3, 0.4) is 0 Å². The Morgan fingerprint density at radius 2 is 1.95 bits per heavy atom. The Bertz CT molecular complexity index is 511. The van der Waals surface area contributed by atoms with E-state index in [2.05, 4.69) is 10.6 Å². The van der Waals surface area contributed by atoms with Crippen molar-refractivity contribution in [1.82, 2.24) is 5.32 Å². The molecule has 1 aromatic rings. The van der Waals surface area contributed by atoms with Gasteiger partial charge >= 0.3 is 5.97 Å². The Labute approximate surface area is 125 Å². The Morgan fingerprint density at radius 3 is 2.48 bits per heavy atom. The van der Waals surface area contributed by atoms with Crippen molar-refractivity contribution in [2.45, 2.75) is 39.3 Å². The zero-order valence-electron chi connectivity index (χ0n) is 12.7. The largest absolute Gasteiger partial charge is 0.459 e. The molecule has 2 atom stereocenters. The van der Waals surface area contributed by atoms with Crippen molar-refractivity contribution in [3.63, 3.8) is 0 Å². The number of amides is 1. The summed E-state index contributed by atoms with van der Waals surface area (Å²) < 4.78 is 5.12. The zero-order chi connectivity index (χ0) is 15.4. The van der Waals surface area contributed by atoms with Crippen molar-refractivity contribution in [1.29, 1.82) is 0 Å². The van der Waals surface area contributed by atoms with Crippen LogP contribution in [0.15, 0.2) is 24.3 Å². The van der Waals surface area contributed by atoms with E-state index < -0.39 is 0 Å². The molecule has 1 fully saturated rings. The van der Waals surface area contributed by atoms with Gasteiger partial charge in [-0.15, -0.1) is 0 Å². The van der Waals surface area contributed by atoms with Gasteiger partial charge < -0.3 is 15.4 Å². The number of anilines is 1. The van der Waals surface area contributed by atoms with Crippen molar-refractivity contribution >= 4 is 17.6 Å². The number of nitrogens with one attached hydrogen (secondary N) is 2. The molecule has 0 radical (unpaired) electrons. The van der Waals surface area contributed by atoms with Crippen LogP contribution >= 0.6 is 0 Å². The summed E-state index contributed by atoms with van der Waals surface area (Å²) in [5, 5.41) is 6.15. The van der Waals surface area contributed by atoms with Gasteiger partial charge in [-0.25, -0.2) is 4.79 Å². The molecule has 0 aromatic heterocycles. The molecule has 0 saturated carbocycles. The molecule has 1 heterocycles. The molecule has 5 heteroatoms. The van der Waals surface area contributed by atoms with Gasteiger partial charge in [0.1, 0.15) is 0 Å². The van der Waals surface area contributed by atoms with Crippen LogP contribution in [0.2, 0.25) is 0 Å². The minimum Gasteiger partial charge on any atom is -0.459 e. The summed E-state index contributed by atoms with van der Waals surface area (Å²) in [6.45, 7) is 6.51. The predicted octanol–water partition coefficient (Wildman–Crippen LogP) is 2.19. The molecule has 114 valence electrons. The molecule has 0 spiro atoms. The molecule has 21 heavy (non-hydrogen) atoms. The number of hydrogen-bond donors (Lipinski definition) is 2. The summed E-state index contributed by atoms with van der Waals surface area (Å²) in [5.74, 6) is -0.336. The van der Waals surface area contributed by atoms with Crippen molar-refractivity contribution in [2.24, 2.45) is 5.92 Å². The molecule has 0 bridgehead atoms. The third-order valence-corrected chi connectivity index (χ3v) is 3.59. The van der Waals surface area contributed by atoms with Crippen molar-refractivity contribution in [3.8, 4) is 0 Å². The van der Waals surface area contributed by atoms with Gasteiger partial charge in [-0.1, -0.05) is 0 Å². The second-order valence-electron chi connectivity index (χ2n) is 5.66. The Morgan fingerprint density at radius 1 is 1.29 bits per heavy atom. The first-order valence-electron chi connectivity index (χ1n) is 7.32. The topological polar surface area (TPSA) is 67.4 Å². The minimum atomic E-state index is -0.350. The van der Waals surface area contributed by atoms with Crippen molar-refractivity contribution in [2.75, 3.05) is 11.9 Å². The third-order valence-electron chi connectivity index (χ3n) is 3.59. The number of rotatable bonds is 4.